The first-order valence-corrected chi connectivity index (χ1v) is 6.78. The van der Waals surface area contributed by atoms with Gasteiger partial charge in [0.25, 0.3) is 0 Å². The van der Waals surface area contributed by atoms with E-state index in [4.69, 9.17) is 5.90 Å². The first kappa shape index (κ1) is 12.5. The third-order valence-electron chi connectivity index (χ3n) is 2.96. The predicted octanol–water partition coefficient (Wildman–Crippen LogP) is -0.320. The van der Waals surface area contributed by atoms with Gasteiger partial charge in [0.05, 0.1) is 17.5 Å². The Balaban J connectivity index is 2.32. The lowest BCUT2D eigenvalue weighted by Gasteiger charge is -2.16. The normalized spacial score (nSPS) is 22.2. The van der Waals surface area contributed by atoms with E-state index in [1.165, 1.54) is 4.31 Å². The fourth-order valence-corrected chi connectivity index (χ4v) is 3.89. The van der Waals surface area contributed by atoms with Gasteiger partial charge in [-0.2, -0.15) is 9.40 Å². The van der Waals surface area contributed by atoms with Gasteiger partial charge in [-0.3, -0.25) is 9.94 Å². The van der Waals surface area contributed by atoms with Gasteiger partial charge in [0.1, 0.15) is 4.90 Å². The van der Waals surface area contributed by atoms with Gasteiger partial charge >= 0.3 is 0 Å². The standard InChI is InChI=1S/C9H16N4O3S/c1-6-9(7(2)12-11-6)17(14,15)13-4-3-8(5-13)16-10/h8H,3-5,10H2,1-2H3,(H,11,12). The van der Waals surface area contributed by atoms with Crippen molar-refractivity contribution in [3.8, 4) is 0 Å². The van der Waals surface area contributed by atoms with Crippen LogP contribution in [-0.2, 0) is 14.9 Å². The fraction of sp³-hybridized carbons (Fsp3) is 0.667. The molecule has 3 N–H and O–H groups in total. The summed E-state index contributed by atoms with van der Waals surface area (Å²) in [6, 6.07) is 0. The molecule has 96 valence electrons. The van der Waals surface area contributed by atoms with E-state index in [1.54, 1.807) is 13.8 Å². The zero-order chi connectivity index (χ0) is 12.6. The summed E-state index contributed by atoms with van der Waals surface area (Å²) in [7, 11) is -3.50. The molecular weight excluding hydrogens is 244 g/mol. The van der Waals surface area contributed by atoms with Crippen molar-refractivity contribution in [2.75, 3.05) is 13.1 Å². The number of aromatic nitrogens is 2. The van der Waals surface area contributed by atoms with Gasteiger partial charge in [-0.05, 0) is 20.3 Å². The van der Waals surface area contributed by atoms with Crippen LogP contribution in [0.3, 0.4) is 0 Å². The SMILES string of the molecule is Cc1n[nH]c(C)c1S(=O)(=O)N1CCC(ON)C1. The molecule has 0 spiro atoms. The van der Waals surface area contributed by atoms with Crippen LogP contribution < -0.4 is 5.90 Å². The molecule has 1 aliphatic rings. The molecule has 0 aromatic carbocycles. The number of nitrogens with zero attached hydrogens (tertiary/aromatic N) is 2. The third-order valence-corrected chi connectivity index (χ3v) is 5.09. The van der Waals surface area contributed by atoms with Crippen molar-refractivity contribution in [2.24, 2.45) is 5.90 Å². The van der Waals surface area contributed by atoms with Crippen LogP contribution in [0.4, 0.5) is 0 Å². The van der Waals surface area contributed by atoms with Crippen molar-refractivity contribution in [3.63, 3.8) is 0 Å². The van der Waals surface area contributed by atoms with Gasteiger partial charge in [0.15, 0.2) is 0 Å². The Bertz CT molecular complexity index is 491. The maximum atomic E-state index is 12.4. The Hall–Kier alpha value is -0.960. The summed E-state index contributed by atoms with van der Waals surface area (Å²) >= 11 is 0. The van der Waals surface area contributed by atoms with Crippen LogP contribution in [0, 0.1) is 13.8 Å². The van der Waals surface area contributed by atoms with Gasteiger partial charge in [-0.1, -0.05) is 0 Å². The summed E-state index contributed by atoms with van der Waals surface area (Å²) in [5, 5.41) is 6.59. The van der Waals surface area contributed by atoms with E-state index in [9.17, 15) is 8.42 Å². The topological polar surface area (TPSA) is 101 Å². The fourth-order valence-electron chi connectivity index (χ4n) is 2.08. The van der Waals surface area contributed by atoms with Gasteiger partial charge in [-0.25, -0.2) is 14.3 Å². The molecule has 0 aliphatic carbocycles. The molecule has 0 bridgehead atoms. The summed E-state index contributed by atoms with van der Waals surface area (Å²) in [5.41, 5.74) is 1.04. The highest BCUT2D eigenvalue weighted by atomic mass is 32.2. The van der Waals surface area contributed by atoms with Crippen LogP contribution in [0.2, 0.25) is 0 Å². The van der Waals surface area contributed by atoms with Gasteiger partial charge in [-0.15, -0.1) is 0 Å². The number of H-pyrrole nitrogens is 1. The molecule has 1 aliphatic heterocycles. The van der Waals surface area contributed by atoms with Gasteiger partial charge in [0.2, 0.25) is 10.0 Å². The Kier molecular flexibility index (Phi) is 3.21. The molecule has 0 radical (unpaired) electrons. The number of aryl methyl sites for hydroxylation is 2. The molecule has 7 nitrogen and oxygen atoms in total. The van der Waals surface area contributed by atoms with Gasteiger partial charge < -0.3 is 0 Å². The Labute approximate surface area is 99.9 Å². The number of nitrogens with two attached hydrogens (primary N) is 1. The molecule has 2 rings (SSSR count). The molecule has 1 fully saturated rings. The highest BCUT2D eigenvalue weighted by molar-refractivity contribution is 7.89. The zero-order valence-corrected chi connectivity index (χ0v) is 10.6. The monoisotopic (exact) mass is 260 g/mol. The van der Waals surface area contributed by atoms with Crippen molar-refractivity contribution in [3.05, 3.63) is 11.4 Å². The van der Waals surface area contributed by atoms with E-state index in [-0.39, 0.29) is 11.0 Å². The third kappa shape index (κ3) is 2.08. The van der Waals surface area contributed by atoms with E-state index in [1.807, 2.05) is 0 Å². The molecule has 2 heterocycles. The van der Waals surface area contributed by atoms with Crippen LogP contribution in [0.25, 0.3) is 0 Å². The summed E-state index contributed by atoms with van der Waals surface area (Å²) in [6.07, 6.45) is 0.392. The quantitative estimate of drug-likeness (QED) is 0.725. The van der Waals surface area contributed by atoms with E-state index < -0.39 is 10.0 Å². The van der Waals surface area contributed by atoms with Crippen LogP contribution in [-0.4, -0.2) is 42.1 Å². The van der Waals surface area contributed by atoms with Gasteiger partial charge in [0, 0.05) is 13.1 Å². The molecule has 0 amide bonds. The van der Waals surface area contributed by atoms with Crippen LogP contribution in [0.5, 0.6) is 0 Å². The second kappa shape index (κ2) is 4.37. The maximum Gasteiger partial charge on any atom is 0.246 e. The summed E-state index contributed by atoms with van der Waals surface area (Å²) < 4.78 is 26.1. The minimum Gasteiger partial charge on any atom is -0.300 e. The second-order valence-corrected chi connectivity index (χ2v) is 6.05. The highest BCUT2D eigenvalue weighted by Crippen LogP contribution is 2.25. The van der Waals surface area contributed by atoms with Crippen molar-refractivity contribution < 1.29 is 13.3 Å². The highest BCUT2D eigenvalue weighted by Gasteiger charge is 2.35. The van der Waals surface area contributed by atoms with Crippen LogP contribution in [0.1, 0.15) is 17.8 Å². The first-order chi connectivity index (χ1) is 7.96. The number of nitrogens with one attached hydrogen (secondary N) is 1. The number of aromatic amines is 1. The van der Waals surface area contributed by atoms with E-state index in [0.29, 0.717) is 30.9 Å². The lowest BCUT2D eigenvalue weighted by molar-refractivity contribution is 0.0642. The summed E-state index contributed by atoms with van der Waals surface area (Å²) in [4.78, 5) is 4.94. The van der Waals surface area contributed by atoms with E-state index in [2.05, 4.69) is 15.0 Å². The number of hydrogen-bond donors (Lipinski definition) is 2. The molecule has 8 heteroatoms. The van der Waals surface area contributed by atoms with Crippen molar-refractivity contribution in [1.29, 1.82) is 0 Å². The molecular formula is C9H16N4O3S. The summed E-state index contributed by atoms with van der Waals surface area (Å²) in [6.45, 7) is 4.08. The molecule has 1 unspecified atom stereocenters. The van der Waals surface area contributed by atoms with Crippen LogP contribution >= 0.6 is 0 Å². The van der Waals surface area contributed by atoms with Crippen LogP contribution in [0.15, 0.2) is 4.90 Å². The van der Waals surface area contributed by atoms with Crippen molar-refractivity contribution in [1.82, 2.24) is 14.5 Å². The Morgan fingerprint density at radius 2 is 2.24 bits per heavy atom. The molecule has 1 aromatic rings. The maximum absolute atomic E-state index is 12.4. The Morgan fingerprint density at radius 3 is 2.71 bits per heavy atom. The minimum atomic E-state index is -3.50. The Morgan fingerprint density at radius 1 is 1.53 bits per heavy atom. The van der Waals surface area contributed by atoms with E-state index in [0.717, 1.165) is 0 Å². The predicted molar refractivity (Wildman–Crippen MR) is 60.5 cm³/mol. The lowest BCUT2D eigenvalue weighted by Crippen LogP contribution is -2.31. The second-order valence-electron chi connectivity index (χ2n) is 4.17. The minimum absolute atomic E-state index is 0.225. The average molecular weight is 260 g/mol. The van der Waals surface area contributed by atoms with Crippen molar-refractivity contribution >= 4 is 10.0 Å². The zero-order valence-electron chi connectivity index (χ0n) is 9.80. The number of hydrogen-bond acceptors (Lipinski definition) is 5. The molecule has 0 saturated carbocycles. The number of sulfonamides is 1. The average Bonchev–Trinajstić information content (AvgIpc) is 2.85. The molecule has 1 saturated heterocycles. The van der Waals surface area contributed by atoms with Crippen molar-refractivity contribution in [2.45, 2.75) is 31.3 Å². The molecule has 1 aromatic heterocycles. The first-order valence-electron chi connectivity index (χ1n) is 5.34. The largest absolute Gasteiger partial charge is 0.300 e. The van der Waals surface area contributed by atoms with E-state index >= 15 is 0 Å². The smallest absolute Gasteiger partial charge is 0.246 e. The lowest BCUT2D eigenvalue weighted by atomic mass is 10.3. The number of rotatable bonds is 3. The molecule has 1 atom stereocenters. The summed E-state index contributed by atoms with van der Waals surface area (Å²) in [5.74, 6) is 5.08. The molecule has 17 heavy (non-hydrogen) atoms.